The molecule has 0 N–H and O–H groups in total. The first-order valence-electron chi connectivity index (χ1n) is 3.76. The van der Waals surface area contributed by atoms with Crippen molar-refractivity contribution in [2.75, 3.05) is 0 Å². The summed E-state index contributed by atoms with van der Waals surface area (Å²) in [5.74, 6) is 0.557. The molecular formula is C7H9BF3KN2. The monoisotopic (exact) mass is 228 g/mol. The van der Waals surface area contributed by atoms with Crippen LogP contribution in [0.5, 0.6) is 0 Å². The van der Waals surface area contributed by atoms with Crippen molar-refractivity contribution in [3.8, 4) is 0 Å². The van der Waals surface area contributed by atoms with Crippen molar-refractivity contribution in [3.63, 3.8) is 0 Å². The Morgan fingerprint density at radius 1 is 1.57 bits per heavy atom. The van der Waals surface area contributed by atoms with Crippen LogP contribution in [0.2, 0.25) is 0 Å². The van der Waals surface area contributed by atoms with Crippen LogP contribution in [-0.2, 0) is 6.54 Å². The third-order valence-electron chi connectivity index (χ3n) is 1.76. The molecule has 0 aliphatic heterocycles. The van der Waals surface area contributed by atoms with Gasteiger partial charge in [0.25, 0.3) is 0 Å². The van der Waals surface area contributed by atoms with Crippen LogP contribution >= 0.6 is 0 Å². The summed E-state index contributed by atoms with van der Waals surface area (Å²) in [7, 11) is 0. The fourth-order valence-corrected chi connectivity index (χ4v) is 0.893. The minimum Gasteiger partial charge on any atom is -0.445 e. The molecule has 14 heavy (non-hydrogen) atoms. The zero-order valence-corrected chi connectivity index (χ0v) is 11.3. The molecule has 0 unspecified atom stereocenters. The Bertz CT molecular complexity index is 321. The van der Waals surface area contributed by atoms with Gasteiger partial charge in [0.2, 0.25) is 0 Å². The maximum absolute atomic E-state index is 12.1. The molecular weight excluding hydrogens is 219 g/mol. The fourth-order valence-electron chi connectivity index (χ4n) is 0.893. The molecule has 7 heteroatoms. The van der Waals surface area contributed by atoms with Gasteiger partial charge < -0.3 is 17.5 Å². The van der Waals surface area contributed by atoms with Crippen molar-refractivity contribution in [1.82, 2.24) is 9.55 Å². The van der Waals surface area contributed by atoms with E-state index in [0.29, 0.717) is 5.82 Å². The SMILES string of the molecule is C=C(Cn1ccnc1C)[B-](F)(F)F.[K+]. The van der Waals surface area contributed by atoms with E-state index in [4.69, 9.17) is 0 Å². The number of rotatable bonds is 3. The van der Waals surface area contributed by atoms with Crippen molar-refractivity contribution < 1.29 is 64.3 Å². The van der Waals surface area contributed by atoms with Crippen molar-refractivity contribution in [2.24, 2.45) is 0 Å². The predicted molar refractivity (Wildman–Crippen MR) is 45.2 cm³/mol. The summed E-state index contributed by atoms with van der Waals surface area (Å²) in [5, 5.41) is 0. The minimum atomic E-state index is -4.93. The second-order valence-electron chi connectivity index (χ2n) is 2.84. The van der Waals surface area contributed by atoms with E-state index in [-0.39, 0.29) is 57.9 Å². The van der Waals surface area contributed by atoms with Gasteiger partial charge >= 0.3 is 58.4 Å². The Balaban J connectivity index is 0.00000169. The number of aryl methyl sites for hydroxylation is 1. The van der Waals surface area contributed by atoms with Gasteiger partial charge in [0.05, 0.1) is 0 Å². The molecule has 1 aromatic rings. The van der Waals surface area contributed by atoms with E-state index in [1.54, 1.807) is 6.92 Å². The van der Waals surface area contributed by atoms with E-state index in [9.17, 15) is 12.9 Å². The van der Waals surface area contributed by atoms with Crippen molar-refractivity contribution in [1.29, 1.82) is 0 Å². The Morgan fingerprint density at radius 3 is 2.50 bits per heavy atom. The maximum Gasteiger partial charge on any atom is 1.00 e. The average molecular weight is 228 g/mol. The van der Waals surface area contributed by atoms with Gasteiger partial charge in [-0.2, -0.15) is 0 Å². The Kier molecular flexibility index (Phi) is 5.68. The van der Waals surface area contributed by atoms with E-state index in [1.807, 2.05) is 0 Å². The summed E-state index contributed by atoms with van der Waals surface area (Å²) >= 11 is 0. The van der Waals surface area contributed by atoms with Gasteiger partial charge in [-0.05, 0) is 6.92 Å². The molecule has 0 amide bonds. The zero-order chi connectivity index (χ0) is 10.1. The Morgan fingerprint density at radius 2 is 2.14 bits per heavy atom. The normalized spacial score (nSPS) is 10.9. The molecule has 0 saturated heterocycles. The zero-order valence-electron chi connectivity index (χ0n) is 8.17. The van der Waals surface area contributed by atoms with Gasteiger partial charge in [0, 0.05) is 18.9 Å². The summed E-state index contributed by atoms with van der Waals surface area (Å²) in [6.45, 7) is -0.516. The van der Waals surface area contributed by atoms with Crippen LogP contribution in [0.1, 0.15) is 5.82 Å². The smallest absolute Gasteiger partial charge is 0.445 e. The van der Waals surface area contributed by atoms with Gasteiger partial charge in [-0.3, -0.25) is 0 Å². The molecule has 1 heterocycles. The van der Waals surface area contributed by atoms with Crippen molar-refractivity contribution >= 4 is 6.98 Å². The Labute approximate surface area is 123 Å². The summed E-state index contributed by atoms with van der Waals surface area (Å²) < 4.78 is 37.7. The van der Waals surface area contributed by atoms with Crippen LogP contribution in [0.4, 0.5) is 12.9 Å². The molecule has 0 fully saturated rings. The van der Waals surface area contributed by atoms with Crippen LogP contribution in [0, 0.1) is 6.92 Å². The number of hydrogen-bond donors (Lipinski definition) is 0. The number of nitrogens with zero attached hydrogens (tertiary/aromatic N) is 2. The minimum absolute atomic E-state index is 0. The standard InChI is InChI=1S/C7H9BF3N2.K/c1-6(8(9,10)11)5-13-4-3-12-7(13)2;/h3-4H,1,5H2,2H3;/q-1;+1. The number of aromatic nitrogens is 2. The molecule has 0 aliphatic carbocycles. The van der Waals surface area contributed by atoms with Crippen LogP contribution in [0.15, 0.2) is 24.4 Å². The van der Waals surface area contributed by atoms with Crippen LogP contribution < -0.4 is 51.4 Å². The molecule has 1 aromatic heterocycles. The molecule has 0 bridgehead atoms. The first kappa shape index (κ1) is 14.4. The number of imidazole rings is 1. The molecule has 0 aliphatic rings. The predicted octanol–water partition coefficient (Wildman–Crippen LogP) is -0.862. The van der Waals surface area contributed by atoms with Crippen LogP contribution in [-0.4, -0.2) is 16.5 Å². The van der Waals surface area contributed by atoms with E-state index < -0.39 is 12.4 Å². The quantitative estimate of drug-likeness (QED) is 0.615. The van der Waals surface area contributed by atoms with Gasteiger partial charge in [-0.15, -0.1) is 12.1 Å². The molecule has 0 aromatic carbocycles. The van der Waals surface area contributed by atoms with Gasteiger partial charge in [0.1, 0.15) is 5.82 Å². The van der Waals surface area contributed by atoms with E-state index in [2.05, 4.69) is 11.6 Å². The van der Waals surface area contributed by atoms with E-state index >= 15 is 0 Å². The summed E-state index contributed by atoms with van der Waals surface area (Å²) in [5.41, 5.74) is -0.707. The van der Waals surface area contributed by atoms with Gasteiger partial charge in [-0.25, -0.2) is 4.98 Å². The third-order valence-corrected chi connectivity index (χ3v) is 1.76. The largest absolute Gasteiger partial charge is 1.00 e. The molecule has 0 saturated carbocycles. The molecule has 0 atom stereocenters. The third kappa shape index (κ3) is 3.90. The second kappa shape index (κ2) is 5.50. The molecule has 0 spiro atoms. The number of hydrogen-bond acceptors (Lipinski definition) is 1. The van der Waals surface area contributed by atoms with Gasteiger partial charge in [-0.1, -0.05) is 0 Å². The topological polar surface area (TPSA) is 17.8 Å². The van der Waals surface area contributed by atoms with E-state index in [1.165, 1.54) is 17.0 Å². The van der Waals surface area contributed by atoms with Crippen molar-refractivity contribution in [3.05, 3.63) is 30.3 Å². The molecule has 1 rings (SSSR count). The summed E-state index contributed by atoms with van der Waals surface area (Å²) in [6.07, 6.45) is 2.97. The first-order valence-corrected chi connectivity index (χ1v) is 3.76. The summed E-state index contributed by atoms with van der Waals surface area (Å²) in [4.78, 5) is 3.81. The number of halogens is 3. The fraction of sp³-hybridized carbons (Fsp3) is 0.286. The second-order valence-corrected chi connectivity index (χ2v) is 2.84. The molecule has 0 radical (unpaired) electrons. The summed E-state index contributed by atoms with van der Waals surface area (Å²) in [6, 6.07) is 0. The molecule has 72 valence electrons. The van der Waals surface area contributed by atoms with E-state index in [0.717, 1.165) is 0 Å². The Hall–Kier alpha value is 0.441. The maximum atomic E-state index is 12.1. The van der Waals surface area contributed by atoms with Crippen LogP contribution in [0.25, 0.3) is 0 Å². The van der Waals surface area contributed by atoms with Gasteiger partial charge in [0.15, 0.2) is 0 Å². The van der Waals surface area contributed by atoms with Crippen LogP contribution in [0.3, 0.4) is 0 Å². The number of allylic oxidation sites excluding steroid dienone is 1. The average Bonchev–Trinajstić information content (AvgIpc) is 2.34. The van der Waals surface area contributed by atoms with Crippen molar-refractivity contribution in [2.45, 2.75) is 13.5 Å². The first-order chi connectivity index (χ1) is 5.91. The molecule has 2 nitrogen and oxygen atoms in total.